The van der Waals surface area contributed by atoms with E-state index in [2.05, 4.69) is 41.8 Å². The highest BCUT2D eigenvalue weighted by Crippen LogP contribution is 2.30. The lowest BCUT2D eigenvalue weighted by atomic mass is 9.85. The van der Waals surface area contributed by atoms with E-state index in [0.717, 1.165) is 21.7 Å². The van der Waals surface area contributed by atoms with Crippen LogP contribution in [0.4, 0.5) is 11.9 Å². The minimum Gasteiger partial charge on any atom is -0.391 e. The van der Waals surface area contributed by atoms with Gasteiger partial charge in [-0.2, -0.15) is 10.2 Å². The molecular weight excluding hydrogens is 1280 g/mol. The number of carbonyl (C=O) groups excluding carboxylic acids is 8. The number of nitrogens with zero attached hydrogens (tertiary/aromatic N) is 10. The van der Waals surface area contributed by atoms with Crippen LogP contribution in [0.5, 0.6) is 0 Å². The Hall–Kier alpha value is -9.79. The van der Waals surface area contributed by atoms with Crippen LogP contribution in [0.1, 0.15) is 118 Å². The maximum absolute atomic E-state index is 14.1. The number of aliphatic hydroxyl groups is 1. The number of thiazole rings is 1. The van der Waals surface area contributed by atoms with Gasteiger partial charge >= 0.3 is 0 Å². The van der Waals surface area contributed by atoms with Crippen molar-refractivity contribution in [1.82, 2.24) is 64.5 Å². The molecule has 0 bridgehead atoms. The second-order valence-electron chi connectivity index (χ2n) is 24.8. The van der Waals surface area contributed by atoms with Crippen LogP contribution < -0.4 is 38.1 Å². The first-order valence-corrected chi connectivity index (χ1v) is 33.3. The van der Waals surface area contributed by atoms with Crippen molar-refractivity contribution in [3.8, 4) is 10.4 Å². The van der Waals surface area contributed by atoms with Crippen LogP contribution in [-0.2, 0) is 70.8 Å². The molecule has 3 aromatic carbocycles. The van der Waals surface area contributed by atoms with Crippen molar-refractivity contribution in [3.05, 3.63) is 123 Å². The van der Waals surface area contributed by atoms with E-state index >= 15 is 0 Å². The van der Waals surface area contributed by atoms with Crippen LogP contribution in [0.15, 0.2) is 78.3 Å². The molecular formula is C67H85N17O13S. The van der Waals surface area contributed by atoms with Crippen molar-refractivity contribution >= 4 is 92.6 Å². The summed E-state index contributed by atoms with van der Waals surface area (Å²) in [6, 6.07) is 18.7. The van der Waals surface area contributed by atoms with Gasteiger partial charge in [-0.1, -0.05) is 45.0 Å². The van der Waals surface area contributed by atoms with Gasteiger partial charge in [0.05, 0.1) is 94.8 Å². The summed E-state index contributed by atoms with van der Waals surface area (Å²) in [5, 5.41) is 33.8. The van der Waals surface area contributed by atoms with E-state index in [0.29, 0.717) is 57.9 Å². The molecule has 522 valence electrons. The van der Waals surface area contributed by atoms with Gasteiger partial charge in [-0.05, 0) is 113 Å². The summed E-state index contributed by atoms with van der Waals surface area (Å²) in [5.74, 6) is -3.84. The van der Waals surface area contributed by atoms with Crippen LogP contribution >= 0.6 is 11.3 Å². The van der Waals surface area contributed by atoms with Crippen LogP contribution in [0, 0.1) is 26.2 Å². The molecule has 0 unspecified atom stereocenters. The van der Waals surface area contributed by atoms with Gasteiger partial charge < -0.3 is 65.5 Å². The number of carbonyl (C=O) groups is 8. The predicted octanol–water partition coefficient (Wildman–Crippen LogP) is 4.41. The van der Waals surface area contributed by atoms with E-state index in [9.17, 15) is 43.5 Å². The molecule has 1 saturated heterocycles. The topological polar surface area (TPSA) is 393 Å². The number of primary amides is 2. The van der Waals surface area contributed by atoms with Crippen molar-refractivity contribution in [1.29, 1.82) is 0 Å². The van der Waals surface area contributed by atoms with E-state index in [-0.39, 0.29) is 121 Å². The summed E-state index contributed by atoms with van der Waals surface area (Å²) < 4.78 is 30.0. The van der Waals surface area contributed by atoms with Gasteiger partial charge in [0.15, 0.2) is 0 Å². The number of likely N-dealkylation sites (tertiary alicyclic amines) is 1. The maximum Gasteiger partial charge on any atom is 0.276 e. The van der Waals surface area contributed by atoms with Gasteiger partial charge in [0, 0.05) is 63.4 Å². The first-order valence-electron chi connectivity index (χ1n) is 32.4. The van der Waals surface area contributed by atoms with Crippen molar-refractivity contribution < 1.29 is 62.4 Å². The van der Waals surface area contributed by atoms with Crippen LogP contribution in [0.25, 0.3) is 32.5 Å². The third-order valence-corrected chi connectivity index (χ3v) is 17.4. The third kappa shape index (κ3) is 18.4. The molecule has 0 aliphatic carbocycles. The van der Waals surface area contributed by atoms with E-state index in [4.69, 9.17) is 40.4 Å². The Balaban J connectivity index is 0.760. The maximum atomic E-state index is 14.1. The minimum absolute atomic E-state index is 0.0491. The molecule has 98 heavy (non-hydrogen) atoms. The number of hydrogen-bond acceptors (Lipinski definition) is 19. The molecule has 0 radical (unpaired) electrons. The van der Waals surface area contributed by atoms with Gasteiger partial charge in [-0.3, -0.25) is 58.4 Å². The van der Waals surface area contributed by atoms with Crippen LogP contribution in [0.3, 0.4) is 0 Å². The molecule has 5 aromatic heterocycles. The highest BCUT2D eigenvalue weighted by molar-refractivity contribution is 7.13. The Morgan fingerprint density at radius 2 is 1.22 bits per heavy atom. The number of imidazole rings is 2. The molecule has 9 rings (SSSR count). The number of ether oxygens (including phenoxy) is 4. The Morgan fingerprint density at radius 3 is 1.73 bits per heavy atom. The average Bonchev–Trinajstić information content (AvgIpc) is 1.63. The number of rotatable bonds is 34. The lowest BCUT2D eigenvalue weighted by Gasteiger charge is -2.35. The van der Waals surface area contributed by atoms with Gasteiger partial charge in [-0.25, -0.2) is 15.0 Å². The Kier molecular flexibility index (Phi) is 24.4. The molecule has 3 atom stereocenters. The van der Waals surface area contributed by atoms with Crippen LogP contribution in [-0.4, -0.2) is 185 Å². The lowest BCUT2D eigenvalue weighted by molar-refractivity contribution is -0.144. The summed E-state index contributed by atoms with van der Waals surface area (Å²) in [6.07, 6.45) is -1.08. The predicted molar refractivity (Wildman–Crippen MR) is 364 cm³/mol. The SMILES string of the molecule is CCn1nc(C)cc1C(=O)Nc1nc2cc(C(N)=O)ccc2n1CCC(CCn1c(NC(=O)c2cc(C)nn2CC)nc2cc(C(N)=O)ccc21)OCC(=O)NCCOCCOCCOCC(=O)N[C@H](C(=O)N1C[C@H](O)C[C@H]1C(=O)NCc1ccc(-c2scnc2C)cc1)C(C)(C)C. The fourth-order valence-electron chi connectivity index (χ4n) is 11.4. The quantitative estimate of drug-likeness (QED) is 0.0259. The molecule has 1 aliphatic heterocycles. The van der Waals surface area contributed by atoms with Crippen molar-refractivity contribution in [3.63, 3.8) is 0 Å². The number of hydrogen-bond donors (Lipinski definition) is 8. The molecule has 31 heteroatoms. The largest absolute Gasteiger partial charge is 0.391 e. The van der Waals surface area contributed by atoms with Crippen molar-refractivity contribution in [2.45, 2.75) is 132 Å². The number of amides is 8. The first-order chi connectivity index (χ1) is 46.9. The fourth-order valence-corrected chi connectivity index (χ4v) is 12.2. The number of nitrogens with one attached hydrogen (secondary N) is 5. The minimum atomic E-state index is -1.04. The second kappa shape index (κ2) is 33.0. The smallest absolute Gasteiger partial charge is 0.276 e. The number of nitrogens with two attached hydrogens (primary N) is 2. The average molecular weight is 1370 g/mol. The monoisotopic (exact) mass is 1370 g/mol. The Labute approximate surface area is 569 Å². The van der Waals surface area contributed by atoms with Gasteiger partial charge in [0.1, 0.15) is 36.7 Å². The summed E-state index contributed by atoms with van der Waals surface area (Å²) in [7, 11) is 0. The van der Waals surface area contributed by atoms with E-state index in [1.165, 1.54) is 17.0 Å². The van der Waals surface area contributed by atoms with E-state index in [1.807, 2.05) is 45.0 Å². The normalized spacial score (nSPS) is 14.3. The van der Waals surface area contributed by atoms with Gasteiger partial charge in [0.2, 0.25) is 47.3 Å². The molecule has 8 aromatic rings. The third-order valence-electron chi connectivity index (χ3n) is 16.4. The molecule has 1 fully saturated rings. The standard InChI is InChI=1S/C67H85N17O13S/c1-9-83-53(29-39(3)78-83)62(91)76-65-73-48-31-44(59(68)88)15-17-50(48)80(65)22-19-47(20-23-81-51-18-16-45(60(69)89)32-49(51)74-66(81)77-63(92)54-30-40(4)79-84(54)10-2)97-37-55(86)70-21-24-94-25-26-95-27-28-96-36-56(87)75-58(67(6,7)8)64(93)82-35-46(85)33-52(82)61(90)71-34-42-11-13-43(14-12-42)57-41(5)72-38-98-57/h11-18,29-32,38,46-47,52,58,85H,9-10,19-28,33-37H2,1-8H3,(H2,68,88)(H2,69,89)(H,70,86)(H,71,90)(H,75,87)(H,73,76,91)(H,74,77,92)/t46-,52+,58-/m1/s1. The van der Waals surface area contributed by atoms with Gasteiger partial charge in [0.25, 0.3) is 11.8 Å². The molecule has 6 heterocycles. The summed E-state index contributed by atoms with van der Waals surface area (Å²) in [5.41, 5.74) is 19.4. The number of fused-ring (bicyclic) bond motifs is 2. The molecule has 0 saturated carbocycles. The number of aromatic nitrogens is 9. The summed E-state index contributed by atoms with van der Waals surface area (Å²) in [6.45, 7) is 16.0. The highest BCUT2D eigenvalue weighted by Gasteiger charge is 2.44. The van der Waals surface area contributed by atoms with E-state index in [1.54, 1.807) is 106 Å². The number of aliphatic hydroxyl groups excluding tert-OH is 1. The Morgan fingerprint density at radius 1 is 0.684 bits per heavy atom. The Bertz CT molecular complexity index is 4020. The second-order valence-corrected chi connectivity index (χ2v) is 25.6. The number of β-amino-alcohol motifs (C(OH)–C–C–N with tert-alkyl or cyclic N) is 1. The molecule has 30 nitrogen and oxygen atoms in total. The van der Waals surface area contributed by atoms with Crippen molar-refractivity contribution in [2.24, 2.45) is 16.9 Å². The molecule has 8 amide bonds. The first kappa shape index (κ1) is 72.5. The summed E-state index contributed by atoms with van der Waals surface area (Å²) in [4.78, 5) is 123. The fraction of sp³-hybridized carbons (Fsp3) is 0.448. The highest BCUT2D eigenvalue weighted by atomic mass is 32.1. The zero-order valence-electron chi connectivity index (χ0n) is 56.2. The zero-order valence-corrected chi connectivity index (χ0v) is 57.0. The molecule has 10 N–H and O–H groups in total. The van der Waals surface area contributed by atoms with Crippen LogP contribution in [0.2, 0.25) is 0 Å². The van der Waals surface area contributed by atoms with Crippen molar-refractivity contribution in [2.75, 3.05) is 70.0 Å². The van der Waals surface area contributed by atoms with Gasteiger partial charge in [-0.15, -0.1) is 11.3 Å². The molecule has 0 spiro atoms. The number of anilines is 2. The lowest BCUT2D eigenvalue weighted by Crippen LogP contribution is -2.58. The number of aryl methyl sites for hydroxylation is 7. The number of benzene rings is 3. The zero-order chi connectivity index (χ0) is 70.4. The summed E-state index contributed by atoms with van der Waals surface area (Å²) >= 11 is 1.55. The van der Waals surface area contributed by atoms with E-state index < -0.39 is 77.0 Å². The molecule has 1 aliphatic rings.